The minimum Gasteiger partial charge on any atom is -0.341 e. The van der Waals surface area contributed by atoms with E-state index in [9.17, 15) is 4.79 Å². The van der Waals surface area contributed by atoms with Gasteiger partial charge in [-0.05, 0) is 32.4 Å². The van der Waals surface area contributed by atoms with Gasteiger partial charge in [0.05, 0.1) is 24.7 Å². The normalized spacial score (nSPS) is 10.8. The molecule has 25 heavy (non-hydrogen) atoms. The Labute approximate surface area is 149 Å². The maximum atomic E-state index is 12.1. The fraction of sp³-hybridized carbons (Fsp3) is 0.350. The topological polar surface area (TPSA) is 61.9 Å². The second-order valence-electron chi connectivity index (χ2n) is 6.23. The average molecular weight is 336 g/mol. The van der Waals surface area contributed by atoms with Crippen molar-refractivity contribution in [3.05, 3.63) is 58.4 Å². The van der Waals surface area contributed by atoms with E-state index in [1.165, 1.54) is 11.1 Å². The molecule has 2 rings (SSSR count). The second kappa shape index (κ2) is 8.29. The van der Waals surface area contributed by atoms with Crippen molar-refractivity contribution in [3.63, 3.8) is 0 Å². The van der Waals surface area contributed by atoms with E-state index < -0.39 is 0 Å². The molecule has 1 heterocycles. The molecule has 0 radical (unpaired) electrons. The molecule has 5 nitrogen and oxygen atoms in total. The zero-order valence-electron chi connectivity index (χ0n) is 15.3. The largest absolute Gasteiger partial charge is 0.341 e. The van der Waals surface area contributed by atoms with Crippen molar-refractivity contribution in [2.24, 2.45) is 0 Å². The molecule has 0 saturated heterocycles. The van der Waals surface area contributed by atoms with Crippen molar-refractivity contribution in [2.45, 2.75) is 33.7 Å². The van der Waals surface area contributed by atoms with Gasteiger partial charge in [-0.15, -0.1) is 0 Å². The molecule has 0 fully saturated rings. The Morgan fingerprint density at radius 2 is 1.96 bits per heavy atom. The third-order valence-corrected chi connectivity index (χ3v) is 4.22. The van der Waals surface area contributed by atoms with Crippen LogP contribution in [0.5, 0.6) is 0 Å². The average Bonchev–Trinajstić information content (AvgIpc) is 2.86. The van der Waals surface area contributed by atoms with Gasteiger partial charge in [-0.2, -0.15) is 10.4 Å². The molecule has 0 spiro atoms. The number of nitrogens with zero attached hydrogens (tertiary/aromatic N) is 4. The highest BCUT2D eigenvalue weighted by Crippen LogP contribution is 2.17. The van der Waals surface area contributed by atoms with Gasteiger partial charge in [0.15, 0.2) is 0 Å². The maximum Gasteiger partial charge on any atom is 0.246 e. The number of carbonyl (C=O) groups excluding carboxylic acids is 1. The summed E-state index contributed by atoms with van der Waals surface area (Å²) in [6.07, 6.45) is 3.70. The summed E-state index contributed by atoms with van der Waals surface area (Å²) in [6, 6.07) is 10.4. The lowest BCUT2D eigenvalue weighted by Crippen LogP contribution is -2.25. The van der Waals surface area contributed by atoms with E-state index in [1.807, 2.05) is 30.7 Å². The number of aryl methyl sites for hydroxylation is 2. The number of nitriles is 1. The van der Waals surface area contributed by atoms with Gasteiger partial charge in [0.2, 0.25) is 5.91 Å². The molecule has 0 bridgehead atoms. The Hall–Kier alpha value is -2.87. The number of aromatic nitrogens is 2. The van der Waals surface area contributed by atoms with Gasteiger partial charge in [0.1, 0.15) is 0 Å². The predicted octanol–water partition coefficient (Wildman–Crippen LogP) is 3.24. The van der Waals surface area contributed by atoms with Crippen LogP contribution in [0.25, 0.3) is 6.08 Å². The molecule has 130 valence electrons. The minimum absolute atomic E-state index is 0.111. The molecule has 0 atom stereocenters. The van der Waals surface area contributed by atoms with E-state index in [2.05, 4.69) is 36.3 Å². The summed E-state index contributed by atoms with van der Waals surface area (Å²) in [6.45, 7) is 7.17. The first-order chi connectivity index (χ1) is 11.9. The predicted molar refractivity (Wildman–Crippen MR) is 98.9 cm³/mol. The number of hydrogen-bond donors (Lipinski definition) is 0. The summed E-state index contributed by atoms with van der Waals surface area (Å²) in [5, 5.41) is 13.2. The lowest BCUT2D eigenvalue weighted by atomic mass is 10.1. The van der Waals surface area contributed by atoms with Gasteiger partial charge in [0, 0.05) is 30.9 Å². The lowest BCUT2D eigenvalue weighted by Gasteiger charge is -2.12. The van der Waals surface area contributed by atoms with Gasteiger partial charge in [0.25, 0.3) is 0 Å². The standard InChI is InChI=1S/C20H24N4O/c1-15-6-8-18(9-7-15)14-24-17(3)19(16(2)22-24)10-11-20(25)23(4)13-5-12-21/h6-11H,5,13-14H2,1-4H3/b11-10+. The van der Waals surface area contributed by atoms with Crippen LogP contribution in [0.15, 0.2) is 30.3 Å². The minimum atomic E-state index is -0.111. The Balaban J connectivity index is 2.13. The summed E-state index contributed by atoms with van der Waals surface area (Å²) < 4.78 is 1.96. The third kappa shape index (κ3) is 4.80. The van der Waals surface area contributed by atoms with E-state index >= 15 is 0 Å². The Kier molecular flexibility index (Phi) is 6.13. The van der Waals surface area contributed by atoms with Crippen LogP contribution in [0.4, 0.5) is 0 Å². The highest BCUT2D eigenvalue weighted by molar-refractivity contribution is 5.91. The van der Waals surface area contributed by atoms with E-state index in [4.69, 9.17) is 5.26 Å². The number of carbonyl (C=O) groups is 1. The molecule has 0 aliphatic rings. The van der Waals surface area contributed by atoms with E-state index in [0.717, 1.165) is 17.0 Å². The summed E-state index contributed by atoms with van der Waals surface area (Å²) >= 11 is 0. The molecule has 0 aliphatic carbocycles. The number of benzene rings is 1. The van der Waals surface area contributed by atoms with Crippen LogP contribution in [-0.2, 0) is 11.3 Å². The quantitative estimate of drug-likeness (QED) is 0.761. The first-order valence-electron chi connectivity index (χ1n) is 8.32. The highest BCUT2D eigenvalue weighted by Gasteiger charge is 2.11. The van der Waals surface area contributed by atoms with Crippen LogP contribution < -0.4 is 0 Å². The van der Waals surface area contributed by atoms with Gasteiger partial charge in [-0.25, -0.2) is 0 Å². The molecule has 2 aromatic rings. The molecule has 1 aromatic heterocycles. The molecule has 0 aliphatic heterocycles. The second-order valence-corrected chi connectivity index (χ2v) is 6.23. The van der Waals surface area contributed by atoms with E-state index in [0.29, 0.717) is 19.5 Å². The van der Waals surface area contributed by atoms with Crippen molar-refractivity contribution in [2.75, 3.05) is 13.6 Å². The molecular formula is C20H24N4O. The summed E-state index contributed by atoms with van der Waals surface area (Å²) in [4.78, 5) is 13.6. The van der Waals surface area contributed by atoms with Gasteiger partial charge in [-0.3, -0.25) is 9.48 Å². The van der Waals surface area contributed by atoms with Crippen LogP contribution in [0.3, 0.4) is 0 Å². The Bertz CT molecular complexity index is 809. The van der Waals surface area contributed by atoms with Crippen molar-refractivity contribution >= 4 is 12.0 Å². The maximum absolute atomic E-state index is 12.1. The Morgan fingerprint density at radius 3 is 2.60 bits per heavy atom. The van der Waals surface area contributed by atoms with Gasteiger partial charge in [-0.1, -0.05) is 29.8 Å². The zero-order chi connectivity index (χ0) is 18.4. The molecule has 1 amide bonds. The van der Waals surface area contributed by atoms with Crippen LogP contribution in [-0.4, -0.2) is 34.2 Å². The first-order valence-corrected chi connectivity index (χ1v) is 8.32. The van der Waals surface area contributed by atoms with E-state index in [1.54, 1.807) is 18.0 Å². The van der Waals surface area contributed by atoms with Crippen molar-refractivity contribution < 1.29 is 4.79 Å². The van der Waals surface area contributed by atoms with Crippen LogP contribution in [0.2, 0.25) is 0 Å². The van der Waals surface area contributed by atoms with Gasteiger partial charge >= 0.3 is 0 Å². The first kappa shape index (κ1) is 18.5. The highest BCUT2D eigenvalue weighted by atomic mass is 16.2. The number of amides is 1. The Morgan fingerprint density at radius 1 is 1.28 bits per heavy atom. The van der Waals surface area contributed by atoms with Gasteiger partial charge < -0.3 is 4.90 Å². The van der Waals surface area contributed by atoms with Crippen LogP contribution in [0.1, 0.15) is 34.5 Å². The van der Waals surface area contributed by atoms with Crippen molar-refractivity contribution in [1.82, 2.24) is 14.7 Å². The fourth-order valence-corrected chi connectivity index (χ4v) is 2.58. The fourth-order valence-electron chi connectivity index (χ4n) is 2.58. The SMILES string of the molecule is Cc1ccc(Cn2nc(C)c(/C=C/C(=O)N(C)CCC#N)c2C)cc1. The van der Waals surface area contributed by atoms with Crippen molar-refractivity contribution in [1.29, 1.82) is 5.26 Å². The van der Waals surface area contributed by atoms with Crippen molar-refractivity contribution in [3.8, 4) is 6.07 Å². The summed E-state index contributed by atoms with van der Waals surface area (Å²) in [7, 11) is 1.70. The monoisotopic (exact) mass is 336 g/mol. The third-order valence-electron chi connectivity index (χ3n) is 4.22. The molecule has 0 saturated carbocycles. The number of likely N-dealkylation sites (N-methyl/N-ethyl adjacent to an activating group) is 1. The molecule has 1 aromatic carbocycles. The number of hydrogen-bond acceptors (Lipinski definition) is 3. The van der Waals surface area contributed by atoms with E-state index in [-0.39, 0.29) is 5.91 Å². The van der Waals surface area contributed by atoms with Crippen LogP contribution >= 0.6 is 0 Å². The summed E-state index contributed by atoms with van der Waals surface area (Å²) in [5.41, 5.74) is 5.32. The molecular weight excluding hydrogens is 312 g/mol. The summed E-state index contributed by atoms with van der Waals surface area (Å²) in [5.74, 6) is -0.111. The zero-order valence-corrected chi connectivity index (χ0v) is 15.3. The van der Waals surface area contributed by atoms with Crippen LogP contribution in [0, 0.1) is 32.1 Å². The molecule has 0 unspecified atom stereocenters. The smallest absolute Gasteiger partial charge is 0.246 e. The molecule has 0 N–H and O–H groups in total. The molecule has 5 heteroatoms. The lowest BCUT2D eigenvalue weighted by molar-refractivity contribution is -0.124. The number of rotatable bonds is 6.